The van der Waals surface area contributed by atoms with E-state index in [2.05, 4.69) is 10.3 Å². The zero-order valence-electron chi connectivity index (χ0n) is 25.3. The van der Waals surface area contributed by atoms with Crippen molar-refractivity contribution in [3.05, 3.63) is 106 Å². The number of alkyl halides is 3. The fraction of sp³-hybridized carbons (Fsp3) is 0.303. The van der Waals surface area contributed by atoms with E-state index < -0.39 is 36.5 Å². The third-order valence-electron chi connectivity index (χ3n) is 8.55. The lowest BCUT2D eigenvalue weighted by molar-refractivity contribution is -0.146. The fourth-order valence-corrected chi connectivity index (χ4v) is 6.44. The van der Waals surface area contributed by atoms with E-state index in [0.717, 1.165) is 15.9 Å². The molecule has 1 amide bonds. The number of piperazine rings is 1. The van der Waals surface area contributed by atoms with E-state index in [1.54, 1.807) is 24.3 Å². The predicted octanol–water partition coefficient (Wildman–Crippen LogP) is 4.99. The van der Waals surface area contributed by atoms with Gasteiger partial charge in [0, 0.05) is 44.8 Å². The first-order valence-corrected chi connectivity index (χ1v) is 15.5. The molecule has 2 aliphatic heterocycles. The Bertz CT molecular complexity index is 1860. The first-order valence-electron chi connectivity index (χ1n) is 15.1. The number of nitrogens with zero attached hydrogens (tertiary/aromatic N) is 6. The molecule has 1 N–H and O–H groups in total. The van der Waals surface area contributed by atoms with Crippen LogP contribution in [0.5, 0.6) is 0 Å². The number of ketones is 1. The van der Waals surface area contributed by atoms with Gasteiger partial charge in [-0.05, 0) is 53.4 Å². The van der Waals surface area contributed by atoms with Gasteiger partial charge in [0.15, 0.2) is 17.3 Å². The van der Waals surface area contributed by atoms with Crippen LogP contribution >= 0.6 is 11.6 Å². The SMILES string of the molecule is O=C(O)c1ccc(CC(=O)C2c3cccc(N4CCN(CC(F)(F)F)CC4)c3CCN2C(=O)c2cn(-c3cccc(Cl)c3F)nn2)cc1. The molecule has 0 bridgehead atoms. The van der Waals surface area contributed by atoms with Crippen molar-refractivity contribution in [1.82, 2.24) is 24.8 Å². The highest BCUT2D eigenvalue weighted by atomic mass is 35.5. The van der Waals surface area contributed by atoms with Crippen molar-refractivity contribution < 1.29 is 37.1 Å². The molecule has 10 nitrogen and oxygen atoms in total. The van der Waals surface area contributed by atoms with Crippen LogP contribution in [0.4, 0.5) is 23.2 Å². The number of aromatic carboxylic acids is 1. The summed E-state index contributed by atoms with van der Waals surface area (Å²) in [5.74, 6) is -2.81. The number of hydrogen-bond acceptors (Lipinski definition) is 7. The Hall–Kier alpha value is -4.82. The van der Waals surface area contributed by atoms with Gasteiger partial charge in [0.25, 0.3) is 5.91 Å². The van der Waals surface area contributed by atoms with Crippen LogP contribution in [0.3, 0.4) is 0 Å². The van der Waals surface area contributed by atoms with E-state index in [1.807, 2.05) is 11.0 Å². The maximum atomic E-state index is 14.7. The van der Waals surface area contributed by atoms with E-state index in [-0.39, 0.29) is 53.8 Å². The van der Waals surface area contributed by atoms with Crippen molar-refractivity contribution in [1.29, 1.82) is 0 Å². The molecule has 2 aliphatic rings. The van der Waals surface area contributed by atoms with Crippen LogP contribution in [0, 0.1) is 5.82 Å². The summed E-state index contributed by atoms with van der Waals surface area (Å²) in [6, 6.07) is 14.5. The summed E-state index contributed by atoms with van der Waals surface area (Å²) in [5, 5.41) is 17.0. The molecule has 1 unspecified atom stereocenters. The van der Waals surface area contributed by atoms with Crippen LogP contribution in [0.15, 0.2) is 66.9 Å². The molecule has 15 heteroatoms. The normalized spacial score (nSPS) is 16.9. The van der Waals surface area contributed by atoms with Crippen LogP contribution in [0.1, 0.15) is 43.6 Å². The summed E-state index contributed by atoms with van der Waals surface area (Å²) < 4.78 is 54.7. The molecule has 250 valence electrons. The summed E-state index contributed by atoms with van der Waals surface area (Å²) in [4.78, 5) is 44.2. The summed E-state index contributed by atoms with van der Waals surface area (Å²) in [6.07, 6.45) is -2.79. The van der Waals surface area contributed by atoms with Gasteiger partial charge in [-0.25, -0.2) is 13.9 Å². The molecular weight excluding hydrogens is 656 g/mol. The molecular formula is C33H29ClF4N6O4. The molecule has 4 aromatic rings. The zero-order chi connectivity index (χ0) is 34.2. The molecule has 0 spiro atoms. The van der Waals surface area contributed by atoms with E-state index in [4.69, 9.17) is 11.6 Å². The molecule has 1 aromatic heterocycles. The number of fused-ring (bicyclic) bond motifs is 1. The number of anilines is 1. The number of Topliss-reactive ketones (excluding diaryl/α,β-unsaturated/α-hetero) is 1. The van der Waals surface area contributed by atoms with E-state index in [0.29, 0.717) is 30.6 Å². The molecule has 1 fully saturated rings. The molecule has 0 aliphatic carbocycles. The quantitative estimate of drug-likeness (QED) is 0.259. The molecule has 0 saturated carbocycles. The predicted molar refractivity (Wildman–Crippen MR) is 167 cm³/mol. The van der Waals surface area contributed by atoms with Crippen LogP contribution in [0.25, 0.3) is 5.69 Å². The first kappa shape index (κ1) is 33.1. The number of carboxylic acids is 1. The number of carbonyl (C=O) groups excluding carboxylic acids is 2. The smallest absolute Gasteiger partial charge is 0.401 e. The van der Waals surface area contributed by atoms with Crippen LogP contribution in [0.2, 0.25) is 5.02 Å². The maximum Gasteiger partial charge on any atom is 0.401 e. The Morgan fingerprint density at radius 1 is 0.917 bits per heavy atom. The van der Waals surface area contributed by atoms with Gasteiger partial charge in [-0.3, -0.25) is 14.5 Å². The maximum absolute atomic E-state index is 14.7. The summed E-state index contributed by atoms with van der Waals surface area (Å²) in [7, 11) is 0. The van der Waals surface area contributed by atoms with Gasteiger partial charge < -0.3 is 14.9 Å². The average molecular weight is 685 g/mol. The number of amides is 1. The summed E-state index contributed by atoms with van der Waals surface area (Å²) in [6.45, 7) is 0.267. The highest BCUT2D eigenvalue weighted by Crippen LogP contribution is 2.38. The number of rotatable bonds is 8. The van der Waals surface area contributed by atoms with Crippen molar-refractivity contribution in [3.63, 3.8) is 0 Å². The lowest BCUT2D eigenvalue weighted by atomic mass is 9.86. The monoisotopic (exact) mass is 684 g/mol. The fourth-order valence-electron chi connectivity index (χ4n) is 6.27. The molecule has 1 atom stereocenters. The number of carboxylic acid groups (broad SMARTS) is 1. The number of hydrogen-bond donors (Lipinski definition) is 1. The highest BCUT2D eigenvalue weighted by Gasteiger charge is 2.39. The minimum absolute atomic E-state index is 0.0181. The van der Waals surface area contributed by atoms with Crippen molar-refractivity contribution in [2.24, 2.45) is 0 Å². The molecule has 3 aromatic carbocycles. The second-order valence-electron chi connectivity index (χ2n) is 11.6. The van der Waals surface area contributed by atoms with Crippen LogP contribution in [-0.4, -0.2) is 93.0 Å². The van der Waals surface area contributed by atoms with Crippen LogP contribution in [-0.2, 0) is 17.6 Å². The standard InChI is InChI=1S/C33H29ClF4N6O4/c34-24-4-2-6-27(29(24)35)44-18-25(39-40-44)31(46)43-12-11-22-23(30(43)28(45)17-20-7-9-21(10-8-20)32(47)48)3-1-5-26(22)42-15-13-41(14-16-42)19-33(36,37)38/h1-10,18,30H,11-17,19H2,(H,47,48). The summed E-state index contributed by atoms with van der Waals surface area (Å²) >= 11 is 5.92. The second kappa shape index (κ2) is 13.4. The Morgan fingerprint density at radius 2 is 1.60 bits per heavy atom. The molecule has 1 saturated heterocycles. The highest BCUT2D eigenvalue weighted by molar-refractivity contribution is 6.30. The van der Waals surface area contributed by atoms with Gasteiger partial charge in [0.1, 0.15) is 11.7 Å². The van der Waals surface area contributed by atoms with Gasteiger partial charge in [-0.2, -0.15) is 13.2 Å². The van der Waals surface area contributed by atoms with Crippen molar-refractivity contribution in [3.8, 4) is 5.69 Å². The lowest BCUT2D eigenvalue weighted by Gasteiger charge is -2.41. The number of benzene rings is 3. The number of carbonyl (C=O) groups is 3. The van der Waals surface area contributed by atoms with Crippen molar-refractivity contribution >= 4 is 34.9 Å². The van der Waals surface area contributed by atoms with Gasteiger partial charge in [-0.1, -0.05) is 47.1 Å². The van der Waals surface area contributed by atoms with E-state index in [9.17, 15) is 37.1 Å². The van der Waals surface area contributed by atoms with Gasteiger partial charge in [-0.15, -0.1) is 5.10 Å². The van der Waals surface area contributed by atoms with Crippen LogP contribution < -0.4 is 4.90 Å². The zero-order valence-corrected chi connectivity index (χ0v) is 26.1. The van der Waals surface area contributed by atoms with Gasteiger partial charge >= 0.3 is 12.1 Å². The van der Waals surface area contributed by atoms with Gasteiger partial charge in [0.2, 0.25) is 0 Å². The summed E-state index contributed by atoms with van der Waals surface area (Å²) in [5.41, 5.74) is 2.64. The molecule has 0 radical (unpaired) electrons. The Balaban J connectivity index is 1.32. The average Bonchev–Trinajstić information content (AvgIpc) is 3.55. The molecule has 48 heavy (non-hydrogen) atoms. The molecule has 3 heterocycles. The minimum atomic E-state index is -4.29. The molecule has 6 rings (SSSR count). The Morgan fingerprint density at radius 3 is 2.29 bits per heavy atom. The van der Waals surface area contributed by atoms with Gasteiger partial charge in [0.05, 0.1) is 23.3 Å². The lowest BCUT2D eigenvalue weighted by Crippen LogP contribution is -2.50. The second-order valence-corrected chi connectivity index (χ2v) is 12.0. The van der Waals surface area contributed by atoms with Crippen molar-refractivity contribution in [2.45, 2.75) is 25.1 Å². The minimum Gasteiger partial charge on any atom is -0.478 e. The first-order chi connectivity index (χ1) is 22.9. The topological polar surface area (TPSA) is 112 Å². The Kier molecular flexibility index (Phi) is 9.21. The van der Waals surface area contributed by atoms with Crippen molar-refractivity contribution in [2.75, 3.05) is 44.2 Å². The number of aromatic nitrogens is 3. The van der Waals surface area contributed by atoms with E-state index >= 15 is 0 Å². The third-order valence-corrected chi connectivity index (χ3v) is 8.84. The largest absolute Gasteiger partial charge is 0.478 e. The third kappa shape index (κ3) is 6.90. The number of halogens is 5. The van der Waals surface area contributed by atoms with E-state index in [1.165, 1.54) is 46.3 Å². The Labute approximate surface area is 277 Å².